The van der Waals surface area contributed by atoms with Crippen molar-refractivity contribution in [2.45, 2.75) is 19.0 Å². The summed E-state index contributed by atoms with van der Waals surface area (Å²) in [5.74, 6) is 0. The second-order valence-electron chi connectivity index (χ2n) is 3.49. The zero-order valence-electron chi connectivity index (χ0n) is 7.78. The fourth-order valence-corrected chi connectivity index (χ4v) is 2.79. The van der Waals surface area contributed by atoms with Gasteiger partial charge in [-0.15, -0.1) is 23.7 Å². The van der Waals surface area contributed by atoms with Gasteiger partial charge in [0.2, 0.25) is 0 Å². The highest BCUT2D eigenvalue weighted by molar-refractivity contribution is 7.16. The van der Waals surface area contributed by atoms with E-state index in [1.54, 1.807) is 11.3 Å². The van der Waals surface area contributed by atoms with E-state index in [-0.39, 0.29) is 12.4 Å². The van der Waals surface area contributed by atoms with Gasteiger partial charge in [0.15, 0.2) is 0 Å². The lowest BCUT2D eigenvalue weighted by molar-refractivity contribution is 0.330. The van der Waals surface area contributed by atoms with Crippen LogP contribution in [0.2, 0.25) is 4.34 Å². The van der Waals surface area contributed by atoms with Crippen LogP contribution >= 0.6 is 35.3 Å². The zero-order chi connectivity index (χ0) is 9.26. The normalized spacial score (nSPS) is 22.3. The molecule has 1 saturated heterocycles. The maximum Gasteiger partial charge on any atom is 0.0931 e. The van der Waals surface area contributed by atoms with E-state index >= 15 is 0 Å². The lowest BCUT2D eigenvalue weighted by Gasteiger charge is -2.12. The summed E-state index contributed by atoms with van der Waals surface area (Å²) in [4.78, 5) is 3.71. The summed E-state index contributed by atoms with van der Waals surface area (Å²) in [6, 6.07) is 4.42. The molecule has 1 fully saturated rings. The summed E-state index contributed by atoms with van der Waals surface area (Å²) >= 11 is 7.51. The molecule has 5 heteroatoms. The predicted molar refractivity (Wildman–Crippen MR) is 64.4 cm³/mol. The summed E-state index contributed by atoms with van der Waals surface area (Å²) in [7, 11) is 0. The summed E-state index contributed by atoms with van der Waals surface area (Å²) in [5.41, 5.74) is 5.82. The second-order valence-corrected chi connectivity index (χ2v) is 5.29. The highest BCUT2D eigenvalue weighted by Crippen LogP contribution is 2.23. The van der Waals surface area contributed by atoms with E-state index in [0.29, 0.717) is 6.04 Å². The first-order valence-corrected chi connectivity index (χ1v) is 5.65. The lowest BCUT2D eigenvalue weighted by atomic mass is 10.3. The van der Waals surface area contributed by atoms with E-state index < -0.39 is 0 Å². The molecule has 2 N–H and O–H groups in total. The number of nitrogens with zero attached hydrogens (tertiary/aromatic N) is 1. The Hall–Kier alpha value is 0.200. The third-order valence-corrected chi connectivity index (χ3v) is 3.53. The SMILES string of the molecule is Cl.N[C@H]1CCN(Cc2ccc(Cl)s2)C1. The Labute approximate surface area is 99.4 Å². The van der Waals surface area contributed by atoms with Gasteiger partial charge in [-0.2, -0.15) is 0 Å². The largest absolute Gasteiger partial charge is 0.326 e. The Kier molecular flexibility index (Phi) is 4.67. The maximum atomic E-state index is 5.85. The quantitative estimate of drug-likeness (QED) is 0.876. The zero-order valence-corrected chi connectivity index (χ0v) is 10.2. The second kappa shape index (κ2) is 5.33. The van der Waals surface area contributed by atoms with Crippen LogP contribution in [0.4, 0.5) is 0 Å². The smallest absolute Gasteiger partial charge is 0.0931 e. The van der Waals surface area contributed by atoms with Crippen LogP contribution in [0.3, 0.4) is 0 Å². The van der Waals surface area contributed by atoms with Gasteiger partial charge in [0.1, 0.15) is 0 Å². The molecule has 0 aromatic carbocycles. The third-order valence-electron chi connectivity index (χ3n) is 2.32. The summed E-state index contributed by atoms with van der Waals surface area (Å²) in [6.07, 6.45) is 1.12. The van der Waals surface area contributed by atoms with Crippen molar-refractivity contribution in [2.24, 2.45) is 5.73 Å². The van der Waals surface area contributed by atoms with Crippen molar-refractivity contribution in [1.82, 2.24) is 4.90 Å². The minimum atomic E-state index is 0. The van der Waals surface area contributed by atoms with Crippen molar-refractivity contribution in [2.75, 3.05) is 13.1 Å². The van der Waals surface area contributed by atoms with Crippen molar-refractivity contribution in [3.8, 4) is 0 Å². The lowest BCUT2D eigenvalue weighted by Crippen LogP contribution is -2.25. The minimum Gasteiger partial charge on any atom is -0.326 e. The molecule has 1 aliphatic rings. The first-order chi connectivity index (χ1) is 6.24. The molecule has 0 radical (unpaired) electrons. The molecule has 1 aromatic heterocycles. The van der Waals surface area contributed by atoms with Gasteiger partial charge in [-0.25, -0.2) is 0 Å². The van der Waals surface area contributed by atoms with Crippen molar-refractivity contribution in [3.63, 3.8) is 0 Å². The van der Waals surface area contributed by atoms with Crippen molar-refractivity contribution in [1.29, 1.82) is 0 Å². The van der Waals surface area contributed by atoms with Crippen LogP contribution in [0, 0.1) is 0 Å². The summed E-state index contributed by atoms with van der Waals surface area (Å²) < 4.78 is 0.874. The third kappa shape index (κ3) is 3.11. The van der Waals surface area contributed by atoms with E-state index in [4.69, 9.17) is 17.3 Å². The van der Waals surface area contributed by atoms with Gasteiger partial charge in [0.05, 0.1) is 4.34 Å². The van der Waals surface area contributed by atoms with Gasteiger partial charge in [-0.3, -0.25) is 4.90 Å². The number of hydrogen-bond donors (Lipinski definition) is 1. The molecule has 2 heterocycles. The van der Waals surface area contributed by atoms with Gasteiger partial charge in [0, 0.05) is 30.6 Å². The Morgan fingerprint density at radius 1 is 1.57 bits per heavy atom. The summed E-state index contributed by atoms with van der Waals surface area (Å²) in [5, 5.41) is 0. The standard InChI is InChI=1S/C9H13ClN2S.ClH/c10-9-2-1-8(13-9)6-12-4-3-7(11)5-12;/h1-2,7H,3-6,11H2;1H/t7-;/m0./s1. The van der Waals surface area contributed by atoms with Crippen LogP contribution in [-0.2, 0) is 6.54 Å². The molecule has 0 bridgehead atoms. The van der Waals surface area contributed by atoms with Crippen LogP contribution in [-0.4, -0.2) is 24.0 Å². The minimum absolute atomic E-state index is 0. The predicted octanol–water partition coefficient (Wildman–Crippen LogP) is 2.36. The first-order valence-electron chi connectivity index (χ1n) is 4.46. The topological polar surface area (TPSA) is 29.3 Å². The van der Waals surface area contributed by atoms with E-state index in [1.165, 1.54) is 4.88 Å². The van der Waals surface area contributed by atoms with Gasteiger partial charge in [-0.05, 0) is 18.6 Å². The van der Waals surface area contributed by atoms with Crippen LogP contribution in [0.5, 0.6) is 0 Å². The van der Waals surface area contributed by atoms with Gasteiger partial charge in [0.25, 0.3) is 0 Å². The van der Waals surface area contributed by atoms with Crippen LogP contribution in [0.15, 0.2) is 12.1 Å². The maximum absolute atomic E-state index is 5.85. The van der Waals surface area contributed by atoms with E-state index in [0.717, 1.165) is 30.4 Å². The molecule has 1 aromatic rings. The number of likely N-dealkylation sites (tertiary alicyclic amines) is 1. The Morgan fingerprint density at radius 3 is 2.86 bits per heavy atom. The molecule has 2 nitrogen and oxygen atoms in total. The highest BCUT2D eigenvalue weighted by Gasteiger charge is 2.19. The molecule has 2 rings (SSSR count). The van der Waals surface area contributed by atoms with Crippen LogP contribution < -0.4 is 5.73 Å². The molecule has 1 aliphatic heterocycles. The highest BCUT2D eigenvalue weighted by atomic mass is 35.5. The number of hydrogen-bond acceptors (Lipinski definition) is 3. The van der Waals surface area contributed by atoms with E-state index in [2.05, 4.69) is 11.0 Å². The first kappa shape index (κ1) is 12.3. The van der Waals surface area contributed by atoms with Crippen LogP contribution in [0.1, 0.15) is 11.3 Å². The number of rotatable bonds is 2. The fourth-order valence-electron chi connectivity index (χ4n) is 1.66. The number of nitrogens with two attached hydrogens (primary N) is 1. The van der Waals surface area contributed by atoms with Gasteiger partial charge in [-0.1, -0.05) is 11.6 Å². The molecular formula is C9H14Cl2N2S. The van der Waals surface area contributed by atoms with Crippen molar-refractivity contribution >= 4 is 35.3 Å². The fraction of sp³-hybridized carbons (Fsp3) is 0.556. The average molecular weight is 253 g/mol. The molecule has 0 aliphatic carbocycles. The van der Waals surface area contributed by atoms with Crippen molar-refractivity contribution < 1.29 is 0 Å². The molecule has 0 saturated carbocycles. The Balaban J connectivity index is 0.000000980. The number of halogens is 2. The van der Waals surface area contributed by atoms with E-state index in [9.17, 15) is 0 Å². The molecule has 0 amide bonds. The number of thiophene rings is 1. The average Bonchev–Trinajstić information content (AvgIpc) is 2.62. The van der Waals surface area contributed by atoms with E-state index in [1.807, 2.05) is 6.07 Å². The molecular weight excluding hydrogens is 239 g/mol. The monoisotopic (exact) mass is 252 g/mol. The Bertz CT molecular complexity index is 290. The molecule has 14 heavy (non-hydrogen) atoms. The van der Waals surface area contributed by atoms with Gasteiger partial charge >= 0.3 is 0 Å². The Morgan fingerprint density at radius 2 is 2.36 bits per heavy atom. The van der Waals surface area contributed by atoms with Crippen molar-refractivity contribution in [3.05, 3.63) is 21.3 Å². The molecule has 80 valence electrons. The van der Waals surface area contributed by atoms with Gasteiger partial charge < -0.3 is 5.73 Å². The van der Waals surface area contributed by atoms with Crippen LogP contribution in [0.25, 0.3) is 0 Å². The molecule has 1 atom stereocenters. The molecule has 0 spiro atoms. The molecule has 0 unspecified atom stereocenters. The summed E-state index contributed by atoms with van der Waals surface area (Å²) in [6.45, 7) is 3.15.